The highest BCUT2D eigenvalue weighted by Crippen LogP contribution is 2.22. The van der Waals surface area contributed by atoms with Gasteiger partial charge in [-0.2, -0.15) is 0 Å². The molecule has 0 unspecified atom stereocenters. The average Bonchev–Trinajstić information content (AvgIpc) is 2.27. The van der Waals surface area contributed by atoms with Crippen LogP contribution in [-0.4, -0.2) is 19.1 Å². The molecule has 0 aliphatic heterocycles. The summed E-state index contributed by atoms with van der Waals surface area (Å²) in [5.74, 6) is 1.36. The zero-order valence-electron chi connectivity index (χ0n) is 10.7. The van der Waals surface area contributed by atoms with Gasteiger partial charge in [0.1, 0.15) is 0 Å². The summed E-state index contributed by atoms with van der Waals surface area (Å²) < 4.78 is 0. The predicted octanol–water partition coefficient (Wildman–Crippen LogP) is 2.91. The lowest BCUT2D eigenvalue weighted by Gasteiger charge is -2.21. The molecule has 0 bridgehead atoms. The Morgan fingerprint density at radius 2 is 1.88 bits per heavy atom. The van der Waals surface area contributed by atoms with Crippen LogP contribution in [-0.2, 0) is 0 Å². The van der Waals surface area contributed by atoms with E-state index in [1.807, 2.05) is 0 Å². The molecule has 1 fully saturated rings. The smallest absolute Gasteiger partial charge is 0.314 e. The summed E-state index contributed by atoms with van der Waals surface area (Å²) in [6, 6.07) is 0.00576. The van der Waals surface area contributed by atoms with Crippen LogP contribution in [0.4, 0.5) is 4.79 Å². The predicted molar refractivity (Wildman–Crippen MR) is 67.4 cm³/mol. The molecule has 1 saturated carbocycles. The topological polar surface area (TPSA) is 41.1 Å². The second-order valence-electron chi connectivity index (χ2n) is 5.32. The minimum Gasteiger partial charge on any atom is -0.338 e. The van der Waals surface area contributed by atoms with Crippen LogP contribution in [0.2, 0.25) is 0 Å². The molecule has 3 heteroatoms. The van der Waals surface area contributed by atoms with Crippen LogP contribution in [0.3, 0.4) is 0 Å². The monoisotopic (exact) mass is 226 g/mol. The summed E-state index contributed by atoms with van der Waals surface area (Å²) in [7, 11) is 0. The molecule has 0 spiro atoms. The molecule has 3 nitrogen and oxygen atoms in total. The van der Waals surface area contributed by atoms with E-state index in [4.69, 9.17) is 0 Å². The van der Waals surface area contributed by atoms with Crippen LogP contribution < -0.4 is 10.6 Å². The minimum absolute atomic E-state index is 0.00576. The highest BCUT2D eigenvalue weighted by Gasteiger charge is 2.13. The summed E-state index contributed by atoms with van der Waals surface area (Å²) >= 11 is 0. The van der Waals surface area contributed by atoms with E-state index in [0.717, 1.165) is 19.5 Å². The van der Waals surface area contributed by atoms with E-state index >= 15 is 0 Å². The van der Waals surface area contributed by atoms with Gasteiger partial charge in [-0.25, -0.2) is 4.79 Å². The second-order valence-corrected chi connectivity index (χ2v) is 5.32. The number of nitrogens with one attached hydrogen (secondary N) is 2. The fourth-order valence-electron chi connectivity index (χ4n) is 2.17. The van der Waals surface area contributed by atoms with Crippen LogP contribution >= 0.6 is 0 Å². The fourth-order valence-corrected chi connectivity index (χ4v) is 2.17. The minimum atomic E-state index is 0.00576. The number of rotatable bonds is 5. The van der Waals surface area contributed by atoms with Crippen molar-refractivity contribution in [2.75, 3.05) is 13.1 Å². The van der Waals surface area contributed by atoms with Crippen molar-refractivity contribution in [2.24, 2.45) is 11.8 Å². The van der Waals surface area contributed by atoms with E-state index < -0.39 is 0 Å². The van der Waals surface area contributed by atoms with Gasteiger partial charge in [-0.05, 0) is 31.1 Å². The first-order chi connectivity index (χ1) is 7.68. The van der Waals surface area contributed by atoms with Gasteiger partial charge in [0.15, 0.2) is 0 Å². The Hall–Kier alpha value is -0.730. The molecule has 1 rings (SSSR count). The van der Waals surface area contributed by atoms with Crippen molar-refractivity contribution in [1.29, 1.82) is 0 Å². The summed E-state index contributed by atoms with van der Waals surface area (Å²) in [5, 5.41) is 5.88. The van der Waals surface area contributed by atoms with Gasteiger partial charge in [-0.15, -0.1) is 0 Å². The first-order valence-corrected chi connectivity index (χ1v) is 6.70. The first kappa shape index (κ1) is 13.3. The normalized spacial score (nSPS) is 17.4. The molecule has 0 radical (unpaired) electrons. The van der Waals surface area contributed by atoms with Crippen molar-refractivity contribution >= 4 is 6.03 Å². The third kappa shape index (κ3) is 5.99. The van der Waals surface area contributed by atoms with E-state index in [9.17, 15) is 4.79 Å². The quantitative estimate of drug-likeness (QED) is 0.743. The molecular formula is C13H26N2O. The van der Waals surface area contributed by atoms with E-state index in [2.05, 4.69) is 24.5 Å². The van der Waals surface area contributed by atoms with Crippen LogP contribution in [0.15, 0.2) is 0 Å². The van der Waals surface area contributed by atoms with Crippen LogP contribution in [0, 0.1) is 11.8 Å². The highest BCUT2D eigenvalue weighted by molar-refractivity contribution is 5.73. The number of amides is 2. The van der Waals surface area contributed by atoms with Gasteiger partial charge in [0.05, 0.1) is 0 Å². The Labute approximate surface area is 99.4 Å². The van der Waals surface area contributed by atoms with E-state index in [0.29, 0.717) is 11.8 Å². The van der Waals surface area contributed by atoms with Gasteiger partial charge < -0.3 is 10.6 Å². The number of carbonyl (C=O) groups is 1. The number of hydrogen-bond donors (Lipinski definition) is 2. The molecule has 0 aromatic carbocycles. The van der Waals surface area contributed by atoms with Crippen molar-refractivity contribution < 1.29 is 4.79 Å². The molecule has 0 aromatic rings. The van der Waals surface area contributed by atoms with Gasteiger partial charge in [0.2, 0.25) is 0 Å². The van der Waals surface area contributed by atoms with Gasteiger partial charge in [-0.1, -0.05) is 33.1 Å². The van der Waals surface area contributed by atoms with Gasteiger partial charge in [0, 0.05) is 13.1 Å². The summed E-state index contributed by atoms with van der Waals surface area (Å²) in [6.07, 6.45) is 7.66. The van der Waals surface area contributed by atoms with E-state index in [-0.39, 0.29) is 6.03 Å². The zero-order valence-corrected chi connectivity index (χ0v) is 10.7. The van der Waals surface area contributed by atoms with Crippen LogP contribution in [0.5, 0.6) is 0 Å². The summed E-state index contributed by atoms with van der Waals surface area (Å²) in [6.45, 7) is 5.98. The SMILES string of the molecule is CC(C)CCNC(=O)NCC1CCCCC1. The van der Waals surface area contributed by atoms with Crippen LogP contribution in [0.25, 0.3) is 0 Å². The van der Waals surface area contributed by atoms with Gasteiger partial charge >= 0.3 is 6.03 Å². The molecule has 1 aliphatic carbocycles. The van der Waals surface area contributed by atoms with Crippen LogP contribution in [0.1, 0.15) is 52.4 Å². The largest absolute Gasteiger partial charge is 0.338 e. The van der Waals surface area contributed by atoms with Crippen molar-refractivity contribution in [3.63, 3.8) is 0 Å². The van der Waals surface area contributed by atoms with Gasteiger partial charge in [0.25, 0.3) is 0 Å². The first-order valence-electron chi connectivity index (χ1n) is 6.70. The Balaban J connectivity index is 2.00. The zero-order chi connectivity index (χ0) is 11.8. The molecular weight excluding hydrogens is 200 g/mol. The van der Waals surface area contributed by atoms with Crippen molar-refractivity contribution in [2.45, 2.75) is 52.4 Å². The third-order valence-corrected chi connectivity index (χ3v) is 3.28. The van der Waals surface area contributed by atoms with Crippen molar-refractivity contribution in [3.8, 4) is 0 Å². The Kier molecular flexibility index (Phi) is 6.27. The molecule has 0 atom stereocenters. The van der Waals surface area contributed by atoms with Crippen molar-refractivity contribution in [1.82, 2.24) is 10.6 Å². The summed E-state index contributed by atoms with van der Waals surface area (Å²) in [5.41, 5.74) is 0. The maximum Gasteiger partial charge on any atom is 0.314 e. The molecule has 16 heavy (non-hydrogen) atoms. The number of carbonyl (C=O) groups excluding carboxylic acids is 1. The molecule has 2 amide bonds. The maximum atomic E-state index is 11.4. The standard InChI is InChI=1S/C13H26N2O/c1-11(2)8-9-14-13(16)15-10-12-6-4-3-5-7-12/h11-12H,3-10H2,1-2H3,(H2,14,15,16). The van der Waals surface area contributed by atoms with Gasteiger partial charge in [-0.3, -0.25) is 0 Å². The molecule has 0 saturated heterocycles. The third-order valence-electron chi connectivity index (χ3n) is 3.28. The van der Waals surface area contributed by atoms with E-state index in [1.54, 1.807) is 0 Å². The average molecular weight is 226 g/mol. The number of urea groups is 1. The fraction of sp³-hybridized carbons (Fsp3) is 0.923. The Morgan fingerprint density at radius 1 is 1.19 bits per heavy atom. The second kappa shape index (κ2) is 7.53. The molecule has 0 heterocycles. The molecule has 94 valence electrons. The lowest BCUT2D eigenvalue weighted by molar-refractivity contribution is 0.235. The molecule has 1 aliphatic rings. The summed E-state index contributed by atoms with van der Waals surface area (Å²) in [4.78, 5) is 11.4. The lowest BCUT2D eigenvalue weighted by Crippen LogP contribution is -2.39. The maximum absolute atomic E-state index is 11.4. The molecule has 2 N–H and O–H groups in total. The highest BCUT2D eigenvalue weighted by atomic mass is 16.2. The molecule has 0 aromatic heterocycles. The number of hydrogen-bond acceptors (Lipinski definition) is 1. The Morgan fingerprint density at radius 3 is 2.50 bits per heavy atom. The van der Waals surface area contributed by atoms with Crippen molar-refractivity contribution in [3.05, 3.63) is 0 Å². The Bertz CT molecular complexity index is 198. The van der Waals surface area contributed by atoms with E-state index in [1.165, 1.54) is 32.1 Å². The lowest BCUT2D eigenvalue weighted by atomic mass is 9.89.